The Hall–Kier alpha value is -1.14. The summed E-state index contributed by atoms with van der Waals surface area (Å²) in [4.78, 5) is 26.9. The van der Waals surface area contributed by atoms with E-state index in [4.69, 9.17) is 4.74 Å². The highest BCUT2D eigenvalue weighted by molar-refractivity contribution is 5.94. The van der Waals surface area contributed by atoms with Crippen LogP contribution in [0.5, 0.6) is 0 Å². The van der Waals surface area contributed by atoms with Gasteiger partial charge in [0.1, 0.15) is 6.61 Å². The minimum atomic E-state index is -0.492. The van der Waals surface area contributed by atoms with E-state index in [1.807, 2.05) is 7.05 Å². The minimum Gasteiger partial charge on any atom is -0.447 e. The second-order valence-electron chi connectivity index (χ2n) is 5.17. The van der Waals surface area contributed by atoms with Crippen LogP contribution in [0.3, 0.4) is 0 Å². The Morgan fingerprint density at radius 2 is 2.26 bits per heavy atom. The molecule has 0 spiro atoms. The molecule has 0 aliphatic carbocycles. The Kier molecular flexibility index (Phi) is 5.15. The molecule has 0 saturated carbocycles. The van der Waals surface area contributed by atoms with Crippen LogP contribution >= 0.6 is 0 Å². The van der Waals surface area contributed by atoms with Crippen LogP contribution in [0.25, 0.3) is 0 Å². The molecule has 1 unspecified atom stereocenters. The van der Waals surface area contributed by atoms with E-state index in [-0.39, 0.29) is 5.91 Å². The molecule has 2 saturated heterocycles. The van der Waals surface area contributed by atoms with Gasteiger partial charge in [0.25, 0.3) is 0 Å². The van der Waals surface area contributed by atoms with E-state index < -0.39 is 6.09 Å². The summed E-state index contributed by atoms with van der Waals surface area (Å²) >= 11 is 0. The number of rotatable bonds is 5. The lowest BCUT2D eigenvalue weighted by molar-refractivity contribution is -0.129. The van der Waals surface area contributed by atoms with Gasteiger partial charge < -0.3 is 10.1 Å². The monoisotopic (exact) mass is 269 g/mol. The van der Waals surface area contributed by atoms with E-state index in [0.717, 1.165) is 32.4 Å². The van der Waals surface area contributed by atoms with Gasteiger partial charge in [-0.25, -0.2) is 9.69 Å². The summed E-state index contributed by atoms with van der Waals surface area (Å²) < 4.78 is 4.81. The highest BCUT2D eigenvalue weighted by atomic mass is 16.6. The Bertz CT molecular complexity index is 335. The van der Waals surface area contributed by atoms with Crippen LogP contribution in [-0.4, -0.2) is 67.7 Å². The molecule has 108 valence electrons. The van der Waals surface area contributed by atoms with Gasteiger partial charge in [0, 0.05) is 6.04 Å². The molecule has 0 radical (unpaired) electrons. The van der Waals surface area contributed by atoms with Gasteiger partial charge in [-0.3, -0.25) is 9.69 Å². The van der Waals surface area contributed by atoms with Crippen molar-refractivity contribution in [2.24, 2.45) is 0 Å². The van der Waals surface area contributed by atoms with Crippen molar-refractivity contribution in [2.45, 2.75) is 31.7 Å². The maximum Gasteiger partial charge on any atom is 0.416 e. The number of amides is 2. The smallest absolute Gasteiger partial charge is 0.416 e. The van der Waals surface area contributed by atoms with Crippen LogP contribution in [0.2, 0.25) is 0 Å². The maximum absolute atomic E-state index is 12.1. The van der Waals surface area contributed by atoms with Crippen molar-refractivity contribution in [1.82, 2.24) is 15.1 Å². The fourth-order valence-electron chi connectivity index (χ4n) is 2.79. The van der Waals surface area contributed by atoms with Crippen molar-refractivity contribution in [1.29, 1.82) is 0 Å². The summed E-state index contributed by atoms with van der Waals surface area (Å²) in [5, 5.41) is 3.15. The number of ether oxygens (including phenoxy) is 1. The van der Waals surface area contributed by atoms with Gasteiger partial charge in [-0.2, -0.15) is 0 Å². The molecule has 6 heteroatoms. The third kappa shape index (κ3) is 3.67. The first-order valence-electron chi connectivity index (χ1n) is 7.08. The second kappa shape index (κ2) is 6.86. The Labute approximate surface area is 114 Å². The van der Waals surface area contributed by atoms with Crippen molar-refractivity contribution in [3.63, 3.8) is 0 Å². The predicted octanol–water partition coefficient (Wildman–Crippen LogP) is 0.429. The fourth-order valence-corrected chi connectivity index (χ4v) is 2.79. The average molecular weight is 269 g/mol. The molecule has 2 fully saturated rings. The van der Waals surface area contributed by atoms with Gasteiger partial charge in [-0.15, -0.1) is 0 Å². The lowest BCUT2D eigenvalue weighted by Gasteiger charge is -2.35. The first kappa shape index (κ1) is 14.3. The molecule has 2 aliphatic heterocycles. The molecule has 0 aromatic heterocycles. The van der Waals surface area contributed by atoms with Gasteiger partial charge in [-0.1, -0.05) is 6.42 Å². The molecule has 19 heavy (non-hydrogen) atoms. The van der Waals surface area contributed by atoms with Gasteiger partial charge in [0.05, 0.1) is 13.1 Å². The van der Waals surface area contributed by atoms with Gasteiger partial charge in [0.2, 0.25) is 5.91 Å². The van der Waals surface area contributed by atoms with E-state index in [9.17, 15) is 9.59 Å². The number of likely N-dealkylation sites (tertiary alicyclic amines) is 1. The normalized spacial score (nSPS) is 24.6. The number of imide groups is 1. The Morgan fingerprint density at radius 1 is 1.42 bits per heavy atom. The molecule has 0 aromatic carbocycles. The number of carbonyl (C=O) groups excluding carboxylic acids is 2. The predicted molar refractivity (Wildman–Crippen MR) is 70.8 cm³/mol. The molecule has 2 amide bonds. The summed E-state index contributed by atoms with van der Waals surface area (Å²) in [6, 6.07) is 0.448. The standard InChI is InChI=1S/C13H23N3O3/c1-14-6-5-11-4-2-3-7-15(11)10-12(17)16-8-9-19-13(16)18/h11,14H,2-10H2,1H3. The quantitative estimate of drug-likeness (QED) is 0.784. The largest absolute Gasteiger partial charge is 0.447 e. The third-order valence-corrected chi connectivity index (χ3v) is 3.88. The molecular formula is C13H23N3O3. The van der Waals surface area contributed by atoms with Crippen molar-refractivity contribution in [3.05, 3.63) is 0 Å². The zero-order chi connectivity index (χ0) is 13.7. The molecule has 0 aromatic rings. The highest BCUT2D eigenvalue weighted by Crippen LogP contribution is 2.19. The molecule has 0 bridgehead atoms. The van der Waals surface area contributed by atoms with E-state index in [1.54, 1.807) is 0 Å². The summed E-state index contributed by atoms with van der Waals surface area (Å²) in [6.07, 6.45) is 4.06. The fraction of sp³-hybridized carbons (Fsp3) is 0.846. The maximum atomic E-state index is 12.1. The zero-order valence-corrected chi connectivity index (χ0v) is 11.6. The molecule has 2 aliphatic rings. The minimum absolute atomic E-state index is 0.126. The number of piperidine rings is 1. The molecule has 1 N–H and O–H groups in total. The van der Waals surface area contributed by atoms with Crippen molar-refractivity contribution in [3.8, 4) is 0 Å². The first-order valence-corrected chi connectivity index (χ1v) is 7.08. The van der Waals surface area contributed by atoms with Gasteiger partial charge in [0.15, 0.2) is 0 Å². The number of hydrogen-bond acceptors (Lipinski definition) is 5. The van der Waals surface area contributed by atoms with Crippen molar-refractivity contribution >= 4 is 12.0 Å². The van der Waals surface area contributed by atoms with Gasteiger partial charge >= 0.3 is 6.09 Å². The second-order valence-corrected chi connectivity index (χ2v) is 5.17. The van der Waals surface area contributed by atoms with Crippen LogP contribution in [0, 0.1) is 0 Å². The Balaban J connectivity index is 1.87. The third-order valence-electron chi connectivity index (χ3n) is 3.88. The van der Waals surface area contributed by atoms with Crippen molar-refractivity contribution in [2.75, 3.05) is 39.8 Å². The number of hydrogen-bond donors (Lipinski definition) is 1. The molecule has 2 rings (SSSR count). The van der Waals surface area contributed by atoms with Crippen LogP contribution in [-0.2, 0) is 9.53 Å². The van der Waals surface area contributed by atoms with E-state index in [0.29, 0.717) is 25.7 Å². The SMILES string of the molecule is CNCCC1CCCCN1CC(=O)N1CCOC1=O. The van der Waals surface area contributed by atoms with Crippen molar-refractivity contribution < 1.29 is 14.3 Å². The zero-order valence-electron chi connectivity index (χ0n) is 11.6. The summed E-state index contributed by atoms with van der Waals surface area (Å²) in [6.45, 7) is 2.97. The van der Waals surface area contributed by atoms with Crippen LogP contribution in [0.15, 0.2) is 0 Å². The topological polar surface area (TPSA) is 61.9 Å². The summed E-state index contributed by atoms with van der Waals surface area (Å²) in [7, 11) is 1.94. The number of cyclic esters (lactones) is 1. The van der Waals surface area contributed by atoms with Gasteiger partial charge in [-0.05, 0) is 39.4 Å². The number of carbonyl (C=O) groups is 2. The molecule has 1 atom stereocenters. The number of nitrogens with zero attached hydrogens (tertiary/aromatic N) is 2. The molecule has 2 heterocycles. The van der Waals surface area contributed by atoms with Crippen LogP contribution in [0.1, 0.15) is 25.7 Å². The first-order chi connectivity index (χ1) is 9.22. The average Bonchev–Trinajstić information content (AvgIpc) is 2.84. The lowest BCUT2D eigenvalue weighted by Crippen LogP contribution is -2.47. The highest BCUT2D eigenvalue weighted by Gasteiger charge is 2.31. The van der Waals surface area contributed by atoms with Crippen LogP contribution in [0.4, 0.5) is 4.79 Å². The van der Waals surface area contributed by atoms with Crippen LogP contribution < -0.4 is 5.32 Å². The Morgan fingerprint density at radius 3 is 2.95 bits per heavy atom. The number of nitrogens with one attached hydrogen (secondary N) is 1. The summed E-state index contributed by atoms with van der Waals surface area (Å²) in [5.41, 5.74) is 0. The lowest BCUT2D eigenvalue weighted by atomic mass is 9.99. The molecule has 6 nitrogen and oxygen atoms in total. The summed E-state index contributed by atoms with van der Waals surface area (Å²) in [5.74, 6) is -0.126. The van der Waals surface area contributed by atoms with E-state index in [2.05, 4.69) is 10.2 Å². The van der Waals surface area contributed by atoms with E-state index >= 15 is 0 Å². The van der Waals surface area contributed by atoms with E-state index in [1.165, 1.54) is 11.3 Å². The molecular weight excluding hydrogens is 246 g/mol.